The quantitative estimate of drug-likeness (QED) is 0.831. The first-order valence-electron chi connectivity index (χ1n) is 8.01. The van der Waals surface area contributed by atoms with E-state index in [9.17, 15) is 0 Å². The number of ether oxygens (including phenoxy) is 1. The van der Waals surface area contributed by atoms with E-state index in [-0.39, 0.29) is 0 Å². The van der Waals surface area contributed by atoms with E-state index in [0.29, 0.717) is 11.5 Å². The second kappa shape index (κ2) is 6.28. The molecule has 1 aromatic heterocycles. The summed E-state index contributed by atoms with van der Waals surface area (Å²) in [4.78, 5) is 13.5. The third-order valence-corrected chi connectivity index (χ3v) is 4.90. The molecule has 0 aromatic carbocycles. The molecule has 2 aliphatic rings. The Bertz CT molecular complexity index is 443. The first kappa shape index (κ1) is 14.7. The van der Waals surface area contributed by atoms with Gasteiger partial charge in [0.25, 0.3) is 0 Å². The van der Waals surface area contributed by atoms with Crippen LogP contribution in [0.25, 0.3) is 0 Å². The molecule has 0 bridgehead atoms. The summed E-state index contributed by atoms with van der Waals surface area (Å²) in [5.41, 5.74) is 0.319. The van der Waals surface area contributed by atoms with Gasteiger partial charge in [-0.15, -0.1) is 0 Å². The van der Waals surface area contributed by atoms with Gasteiger partial charge in [0.15, 0.2) is 0 Å². The first-order chi connectivity index (χ1) is 10.2. The predicted octanol–water partition coefficient (Wildman–Crippen LogP) is 1.80. The van der Waals surface area contributed by atoms with Crippen LogP contribution in [0.1, 0.15) is 26.7 Å². The molecule has 0 saturated carbocycles. The van der Waals surface area contributed by atoms with Crippen LogP contribution in [0, 0.1) is 5.41 Å². The number of hydrogen-bond acceptors (Lipinski definition) is 5. The highest BCUT2D eigenvalue weighted by Gasteiger charge is 2.38. The van der Waals surface area contributed by atoms with Crippen LogP contribution >= 0.6 is 0 Å². The van der Waals surface area contributed by atoms with E-state index in [1.54, 1.807) is 12.4 Å². The van der Waals surface area contributed by atoms with Gasteiger partial charge < -0.3 is 9.64 Å². The number of aromatic nitrogens is 2. The number of hydrogen-bond donors (Lipinski definition) is 0. The molecule has 2 aliphatic heterocycles. The van der Waals surface area contributed by atoms with Gasteiger partial charge in [-0.3, -0.25) is 9.88 Å². The Labute approximate surface area is 127 Å². The van der Waals surface area contributed by atoms with E-state index in [0.717, 1.165) is 38.7 Å². The Morgan fingerprint density at radius 3 is 2.67 bits per heavy atom. The lowest BCUT2D eigenvalue weighted by atomic mass is 9.78. The van der Waals surface area contributed by atoms with Crippen LogP contribution < -0.4 is 4.90 Å². The molecular formula is C16H26N4O. The maximum absolute atomic E-state index is 5.92. The zero-order chi connectivity index (χ0) is 14.7. The van der Waals surface area contributed by atoms with Crippen molar-refractivity contribution in [1.29, 1.82) is 0 Å². The summed E-state index contributed by atoms with van der Waals surface area (Å²) in [6, 6.07) is 0.599. The van der Waals surface area contributed by atoms with Crippen molar-refractivity contribution in [1.82, 2.24) is 14.9 Å². The molecule has 116 valence electrons. The van der Waals surface area contributed by atoms with Gasteiger partial charge in [-0.25, -0.2) is 4.98 Å². The zero-order valence-corrected chi connectivity index (χ0v) is 13.2. The van der Waals surface area contributed by atoms with E-state index in [1.165, 1.54) is 19.4 Å². The van der Waals surface area contributed by atoms with Crippen molar-refractivity contribution in [2.45, 2.75) is 32.7 Å². The van der Waals surface area contributed by atoms with E-state index in [1.807, 2.05) is 6.20 Å². The van der Waals surface area contributed by atoms with Crippen LogP contribution in [-0.2, 0) is 4.74 Å². The molecule has 0 amide bonds. The normalized spacial score (nSPS) is 23.5. The molecule has 0 unspecified atom stereocenters. The predicted molar refractivity (Wildman–Crippen MR) is 83.4 cm³/mol. The van der Waals surface area contributed by atoms with Crippen molar-refractivity contribution < 1.29 is 4.74 Å². The summed E-state index contributed by atoms with van der Waals surface area (Å²) in [5, 5.41) is 0. The molecule has 5 nitrogen and oxygen atoms in total. The molecule has 2 saturated heterocycles. The molecule has 3 heterocycles. The van der Waals surface area contributed by atoms with Crippen molar-refractivity contribution in [2.75, 3.05) is 44.3 Å². The summed E-state index contributed by atoms with van der Waals surface area (Å²) in [6.07, 6.45) is 7.71. The van der Waals surface area contributed by atoms with E-state index >= 15 is 0 Å². The molecule has 2 fully saturated rings. The Hall–Kier alpha value is -1.20. The summed E-state index contributed by atoms with van der Waals surface area (Å²) in [5.74, 6) is 1.00. The average Bonchev–Trinajstić information content (AvgIpc) is 2.72. The second-order valence-electron chi connectivity index (χ2n) is 6.67. The molecule has 0 aliphatic carbocycles. The largest absolute Gasteiger partial charge is 0.379 e. The van der Waals surface area contributed by atoms with Crippen molar-refractivity contribution in [3.05, 3.63) is 18.6 Å². The van der Waals surface area contributed by atoms with E-state index in [4.69, 9.17) is 4.74 Å². The highest BCUT2D eigenvalue weighted by Crippen LogP contribution is 2.35. The minimum absolute atomic E-state index is 0.319. The summed E-state index contributed by atoms with van der Waals surface area (Å²) >= 11 is 0. The first-order valence-corrected chi connectivity index (χ1v) is 8.01. The van der Waals surface area contributed by atoms with Crippen molar-refractivity contribution in [3.63, 3.8) is 0 Å². The Kier molecular flexibility index (Phi) is 4.40. The van der Waals surface area contributed by atoms with Crippen LogP contribution in [-0.4, -0.2) is 60.3 Å². The molecule has 0 atom stereocenters. The highest BCUT2D eigenvalue weighted by molar-refractivity contribution is 5.35. The van der Waals surface area contributed by atoms with Crippen molar-refractivity contribution in [2.24, 2.45) is 5.41 Å². The van der Waals surface area contributed by atoms with Crippen LogP contribution in [0.15, 0.2) is 18.6 Å². The fraction of sp³-hybridized carbons (Fsp3) is 0.750. The van der Waals surface area contributed by atoms with E-state index < -0.39 is 0 Å². The van der Waals surface area contributed by atoms with Crippen LogP contribution in [0.2, 0.25) is 0 Å². The molecular weight excluding hydrogens is 264 g/mol. The Balaban J connectivity index is 1.65. The molecule has 21 heavy (non-hydrogen) atoms. The van der Waals surface area contributed by atoms with Gasteiger partial charge in [0.2, 0.25) is 0 Å². The van der Waals surface area contributed by atoms with Crippen LogP contribution in [0.3, 0.4) is 0 Å². The lowest BCUT2D eigenvalue weighted by Gasteiger charge is -2.43. The number of piperidine rings is 1. The lowest BCUT2D eigenvalue weighted by Crippen LogP contribution is -2.48. The maximum Gasteiger partial charge on any atom is 0.147 e. The highest BCUT2D eigenvalue weighted by atomic mass is 16.5. The monoisotopic (exact) mass is 290 g/mol. The van der Waals surface area contributed by atoms with Crippen molar-refractivity contribution in [3.8, 4) is 0 Å². The fourth-order valence-corrected chi connectivity index (χ4v) is 3.43. The van der Waals surface area contributed by atoms with E-state index in [2.05, 4.69) is 33.6 Å². The summed E-state index contributed by atoms with van der Waals surface area (Å²) < 4.78 is 5.92. The molecule has 0 N–H and O–H groups in total. The minimum atomic E-state index is 0.319. The Morgan fingerprint density at radius 1 is 1.19 bits per heavy atom. The smallest absolute Gasteiger partial charge is 0.147 e. The number of rotatable bonds is 2. The second-order valence-corrected chi connectivity index (χ2v) is 6.67. The van der Waals surface area contributed by atoms with Gasteiger partial charge in [-0.1, -0.05) is 0 Å². The Morgan fingerprint density at radius 2 is 2.00 bits per heavy atom. The van der Waals surface area contributed by atoms with Gasteiger partial charge in [-0.2, -0.15) is 0 Å². The van der Waals surface area contributed by atoms with Gasteiger partial charge in [0.05, 0.1) is 19.4 Å². The minimum Gasteiger partial charge on any atom is -0.379 e. The molecule has 3 rings (SSSR count). The molecule has 5 heteroatoms. The average molecular weight is 290 g/mol. The molecule has 0 radical (unpaired) electrons. The van der Waals surface area contributed by atoms with Gasteiger partial charge in [0, 0.05) is 50.0 Å². The van der Waals surface area contributed by atoms with Crippen LogP contribution in [0.5, 0.6) is 0 Å². The third kappa shape index (κ3) is 3.35. The van der Waals surface area contributed by atoms with Gasteiger partial charge in [-0.05, 0) is 26.7 Å². The summed E-state index contributed by atoms with van der Waals surface area (Å²) in [6.45, 7) is 10.7. The van der Waals surface area contributed by atoms with Gasteiger partial charge in [0.1, 0.15) is 5.82 Å². The third-order valence-electron chi connectivity index (χ3n) is 4.90. The van der Waals surface area contributed by atoms with Crippen LogP contribution in [0.4, 0.5) is 5.82 Å². The number of anilines is 1. The summed E-state index contributed by atoms with van der Waals surface area (Å²) in [7, 11) is 0. The molecule has 1 spiro atoms. The lowest BCUT2D eigenvalue weighted by molar-refractivity contribution is 0.0475. The maximum atomic E-state index is 5.92. The topological polar surface area (TPSA) is 41.5 Å². The standard InChI is InChI=1S/C16H26N4O/c1-14(2)20-9-10-21-13-16(12-20)3-7-19(8-4-16)15-11-17-5-6-18-15/h5-6,11,14H,3-4,7-10,12-13H2,1-2H3. The molecule has 1 aromatic rings. The zero-order valence-electron chi connectivity index (χ0n) is 13.2. The number of nitrogens with zero attached hydrogens (tertiary/aromatic N) is 4. The SMILES string of the molecule is CC(C)N1CCOCC2(CCN(c3cnccn3)CC2)C1. The van der Waals surface area contributed by atoms with Gasteiger partial charge >= 0.3 is 0 Å². The van der Waals surface area contributed by atoms with Crippen molar-refractivity contribution >= 4 is 5.82 Å². The fourth-order valence-electron chi connectivity index (χ4n) is 3.43.